The fraction of sp³-hybridized carbons (Fsp3) is 0.688. The zero-order chi connectivity index (χ0) is 16.9. The van der Waals surface area contributed by atoms with Gasteiger partial charge in [-0.1, -0.05) is 13.3 Å². The van der Waals surface area contributed by atoms with Gasteiger partial charge in [0.05, 0.1) is 7.11 Å². The molecule has 8 nitrogen and oxygen atoms in total. The molecule has 8 heteroatoms. The van der Waals surface area contributed by atoms with E-state index < -0.39 is 0 Å². The summed E-state index contributed by atoms with van der Waals surface area (Å²) in [6.45, 7) is 5.01. The normalized spacial score (nSPS) is 24.2. The number of rotatable bonds is 5. The number of nitrogens with one attached hydrogen (secondary N) is 2. The Morgan fingerprint density at radius 2 is 2.12 bits per heavy atom. The molecule has 0 saturated carbocycles. The van der Waals surface area contributed by atoms with Crippen molar-refractivity contribution in [3.8, 4) is 5.88 Å². The number of ether oxygens (including phenoxy) is 1. The summed E-state index contributed by atoms with van der Waals surface area (Å²) in [5.74, 6) is 1.40. The Morgan fingerprint density at radius 1 is 1.33 bits per heavy atom. The van der Waals surface area contributed by atoms with Gasteiger partial charge in [0, 0.05) is 44.5 Å². The van der Waals surface area contributed by atoms with Gasteiger partial charge in [0.2, 0.25) is 17.7 Å². The van der Waals surface area contributed by atoms with Crippen molar-refractivity contribution >= 4 is 11.9 Å². The largest absolute Gasteiger partial charge is 0.481 e. The molecule has 3 rings (SSSR count). The standard InChI is InChI=1S/C16H26N6O2/c1-3-4-12-11-13(20-19-12)15(23)21-7-9-22(10-8-21)16-17-6-5-14(18-16)24-2/h5-6,12-13,19-20H,3-4,7-11H2,1-2H3. The number of carbonyl (C=O) groups excluding carboxylic acids is 1. The number of anilines is 1. The molecule has 0 radical (unpaired) electrons. The van der Waals surface area contributed by atoms with E-state index in [1.165, 1.54) is 0 Å². The van der Waals surface area contributed by atoms with E-state index in [9.17, 15) is 4.79 Å². The van der Waals surface area contributed by atoms with Crippen LogP contribution in [-0.2, 0) is 4.79 Å². The highest BCUT2D eigenvalue weighted by atomic mass is 16.5. The van der Waals surface area contributed by atoms with Gasteiger partial charge in [-0.15, -0.1) is 0 Å². The van der Waals surface area contributed by atoms with Crippen LogP contribution in [0.25, 0.3) is 0 Å². The van der Waals surface area contributed by atoms with Gasteiger partial charge in [0.15, 0.2) is 0 Å². The van der Waals surface area contributed by atoms with Crippen LogP contribution in [0.3, 0.4) is 0 Å². The molecule has 0 bridgehead atoms. The van der Waals surface area contributed by atoms with E-state index in [2.05, 4.69) is 32.6 Å². The van der Waals surface area contributed by atoms with Gasteiger partial charge in [-0.05, 0) is 12.8 Å². The van der Waals surface area contributed by atoms with E-state index in [1.54, 1.807) is 19.4 Å². The molecule has 2 aliphatic heterocycles. The zero-order valence-corrected chi connectivity index (χ0v) is 14.4. The first-order valence-electron chi connectivity index (χ1n) is 8.63. The predicted octanol–water partition coefficient (Wildman–Crippen LogP) is 0.169. The molecule has 2 saturated heterocycles. The van der Waals surface area contributed by atoms with Gasteiger partial charge in [-0.3, -0.25) is 10.2 Å². The minimum Gasteiger partial charge on any atom is -0.481 e. The van der Waals surface area contributed by atoms with Crippen molar-refractivity contribution in [2.75, 3.05) is 38.2 Å². The van der Waals surface area contributed by atoms with Crippen LogP contribution < -0.4 is 20.5 Å². The van der Waals surface area contributed by atoms with Gasteiger partial charge in [-0.25, -0.2) is 10.4 Å². The summed E-state index contributed by atoms with van der Waals surface area (Å²) in [5, 5.41) is 0. The van der Waals surface area contributed by atoms with Gasteiger partial charge < -0.3 is 14.5 Å². The molecule has 2 unspecified atom stereocenters. The maximum Gasteiger partial charge on any atom is 0.241 e. The van der Waals surface area contributed by atoms with Crippen LogP contribution in [0.2, 0.25) is 0 Å². The molecule has 2 atom stereocenters. The molecule has 2 aliphatic rings. The maximum absolute atomic E-state index is 12.6. The highest BCUT2D eigenvalue weighted by Crippen LogP contribution is 2.17. The minimum absolute atomic E-state index is 0.110. The van der Waals surface area contributed by atoms with Crippen molar-refractivity contribution in [2.45, 2.75) is 38.3 Å². The molecule has 132 valence electrons. The summed E-state index contributed by atoms with van der Waals surface area (Å²) >= 11 is 0. The number of hydrogen-bond donors (Lipinski definition) is 2. The van der Waals surface area contributed by atoms with Crippen LogP contribution >= 0.6 is 0 Å². The number of hydrogen-bond acceptors (Lipinski definition) is 7. The Kier molecular flexibility index (Phi) is 5.47. The summed E-state index contributed by atoms with van der Waals surface area (Å²) in [7, 11) is 1.59. The lowest BCUT2D eigenvalue weighted by Gasteiger charge is -2.35. The number of aromatic nitrogens is 2. The lowest BCUT2D eigenvalue weighted by Crippen LogP contribution is -2.54. The quantitative estimate of drug-likeness (QED) is 0.794. The summed E-state index contributed by atoms with van der Waals surface area (Å²) in [6.07, 6.45) is 4.78. The Bertz CT molecular complexity index is 561. The fourth-order valence-corrected chi connectivity index (χ4v) is 3.27. The molecule has 2 N–H and O–H groups in total. The van der Waals surface area contributed by atoms with Gasteiger partial charge in [-0.2, -0.15) is 4.98 Å². The summed E-state index contributed by atoms with van der Waals surface area (Å²) in [6, 6.07) is 2.02. The third kappa shape index (κ3) is 3.76. The Balaban J connectivity index is 1.52. The number of amides is 1. The molecule has 1 aromatic rings. The highest BCUT2D eigenvalue weighted by Gasteiger charge is 2.33. The molecule has 2 fully saturated rings. The highest BCUT2D eigenvalue weighted by molar-refractivity contribution is 5.82. The van der Waals surface area contributed by atoms with Crippen LogP contribution in [0.4, 0.5) is 5.95 Å². The molecule has 0 spiro atoms. The van der Waals surface area contributed by atoms with Crippen LogP contribution in [0.1, 0.15) is 26.2 Å². The van der Waals surface area contributed by atoms with Crippen LogP contribution in [0.15, 0.2) is 12.3 Å². The number of nitrogens with zero attached hydrogens (tertiary/aromatic N) is 4. The molecule has 0 aromatic carbocycles. The fourth-order valence-electron chi connectivity index (χ4n) is 3.27. The summed E-state index contributed by atoms with van der Waals surface area (Å²) < 4.78 is 5.14. The Labute approximate surface area is 142 Å². The molecule has 24 heavy (non-hydrogen) atoms. The average molecular weight is 334 g/mol. The van der Waals surface area contributed by atoms with E-state index in [-0.39, 0.29) is 11.9 Å². The first-order valence-corrected chi connectivity index (χ1v) is 8.63. The van der Waals surface area contributed by atoms with E-state index in [4.69, 9.17) is 4.74 Å². The second kappa shape index (κ2) is 7.76. The topological polar surface area (TPSA) is 82.6 Å². The zero-order valence-electron chi connectivity index (χ0n) is 14.4. The van der Waals surface area contributed by atoms with Crippen molar-refractivity contribution in [3.63, 3.8) is 0 Å². The van der Waals surface area contributed by atoms with Crippen molar-refractivity contribution < 1.29 is 9.53 Å². The van der Waals surface area contributed by atoms with Gasteiger partial charge in [0.1, 0.15) is 6.04 Å². The van der Waals surface area contributed by atoms with Crippen LogP contribution in [0.5, 0.6) is 5.88 Å². The predicted molar refractivity (Wildman–Crippen MR) is 90.7 cm³/mol. The second-order valence-corrected chi connectivity index (χ2v) is 6.27. The number of hydrazine groups is 1. The van der Waals surface area contributed by atoms with E-state index in [0.29, 0.717) is 31.0 Å². The molecule has 1 aromatic heterocycles. The second-order valence-electron chi connectivity index (χ2n) is 6.27. The van der Waals surface area contributed by atoms with Gasteiger partial charge >= 0.3 is 0 Å². The van der Waals surface area contributed by atoms with Crippen LogP contribution in [-0.4, -0.2) is 66.1 Å². The molecule has 0 aliphatic carbocycles. The lowest BCUT2D eigenvalue weighted by molar-refractivity contribution is -0.133. The Hall–Kier alpha value is -1.93. The minimum atomic E-state index is -0.110. The third-order valence-corrected chi connectivity index (χ3v) is 4.62. The van der Waals surface area contributed by atoms with Crippen molar-refractivity contribution in [2.24, 2.45) is 0 Å². The summed E-state index contributed by atoms with van der Waals surface area (Å²) in [5.41, 5.74) is 6.38. The molecule has 3 heterocycles. The maximum atomic E-state index is 12.6. The van der Waals surface area contributed by atoms with E-state index in [1.807, 2.05) is 4.90 Å². The molecular formula is C16H26N6O2. The Morgan fingerprint density at radius 3 is 2.83 bits per heavy atom. The van der Waals surface area contributed by atoms with E-state index >= 15 is 0 Å². The third-order valence-electron chi connectivity index (χ3n) is 4.62. The van der Waals surface area contributed by atoms with Crippen molar-refractivity contribution in [1.29, 1.82) is 0 Å². The molecule has 1 amide bonds. The lowest BCUT2D eigenvalue weighted by atomic mass is 10.1. The average Bonchev–Trinajstić information content (AvgIpc) is 3.10. The van der Waals surface area contributed by atoms with Crippen LogP contribution in [0, 0.1) is 0 Å². The molecular weight excluding hydrogens is 308 g/mol. The number of piperazine rings is 1. The SMILES string of the molecule is CCCC1CC(C(=O)N2CCN(c3nccc(OC)n3)CC2)NN1. The first kappa shape index (κ1) is 16.9. The summed E-state index contributed by atoms with van der Waals surface area (Å²) in [4.78, 5) is 25.3. The van der Waals surface area contributed by atoms with Crippen molar-refractivity contribution in [3.05, 3.63) is 12.3 Å². The number of carbonyl (C=O) groups is 1. The van der Waals surface area contributed by atoms with Gasteiger partial charge in [0.25, 0.3) is 0 Å². The van der Waals surface area contributed by atoms with E-state index in [0.717, 1.165) is 32.4 Å². The first-order chi connectivity index (χ1) is 11.7. The van der Waals surface area contributed by atoms with Crippen molar-refractivity contribution in [1.82, 2.24) is 25.7 Å². The monoisotopic (exact) mass is 334 g/mol. The number of methoxy groups -OCH3 is 1. The smallest absolute Gasteiger partial charge is 0.241 e.